The predicted molar refractivity (Wildman–Crippen MR) is 50.4 cm³/mol. The molecular formula is C10H13NO. The third-order valence-electron chi connectivity index (χ3n) is 1.65. The molecule has 0 saturated heterocycles. The largest absolute Gasteiger partial charge is 0.385 e. The Labute approximate surface area is 72.6 Å². The minimum Gasteiger partial charge on any atom is -0.385 e. The first-order valence-electron chi connectivity index (χ1n) is 4.13. The zero-order chi connectivity index (χ0) is 8.81. The smallest absolute Gasteiger partial charge is 0.124 e. The summed E-state index contributed by atoms with van der Waals surface area (Å²) in [6.45, 7) is 2.98. The summed E-state index contributed by atoms with van der Waals surface area (Å²) >= 11 is 0. The Hall–Kier alpha value is -1.31. The molecule has 0 bridgehead atoms. The van der Waals surface area contributed by atoms with Crippen LogP contribution in [0.3, 0.4) is 0 Å². The van der Waals surface area contributed by atoms with E-state index in [1.54, 1.807) is 0 Å². The highest BCUT2D eigenvalue weighted by molar-refractivity contribution is 5.56. The van der Waals surface area contributed by atoms with E-state index >= 15 is 0 Å². The van der Waals surface area contributed by atoms with E-state index in [0.717, 1.165) is 24.1 Å². The van der Waals surface area contributed by atoms with E-state index in [2.05, 4.69) is 12.2 Å². The Morgan fingerprint density at radius 2 is 2.00 bits per heavy atom. The molecule has 1 aromatic carbocycles. The van der Waals surface area contributed by atoms with E-state index in [1.165, 1.54) is 0 Å². The Kier molecular flexibility index (Phi) is 3.33. The van der Waals surface area contributed by atoms with Crippen molar-refractivity contribution in [3.63, 3.8) is 0 Å². The van der Waals surface area contributed by atoms with Crippen LogP contribution in [0.1, 0.15) is 12.5 Å². The normalized spacial score (nSPS) is 9.42. The van der Waals surface area contributed by atoms with Gasteiger partial charge in [0, 0.05) is 18.7 Å². The van der Waals surface area contributed by atoms with Gasteiger partial charge in [0.05, 0.1) is 0 Å². The number of anilines is 1. The van der Waals surface area contributed by atoms with E-state index in [9.17, 15) is 4.79 Å². The highest BCUT2D eigenvalue weighted by Gasteiger charge is 1.91. The first kappa shape index (κ1) is 8.78. The molecule has 1 N–H and O–H groups in total. The van der Waals surface area contributed by atoms with Crippen LogP contribution in [0.5, 0.6) is 0 Å². The first-order valence-corrected chi connectivity index (χ1v) is 4.13. The van der Waals surface area contributed by atoms with Crippen molar-refractivity contribution in [3.8, 4) is 0 Å². The molecule has 0 aromatic heterocycles. The van der Waals surface area contributed by atoms with Crippen LogP contribution in [0.4, 0.5) is 5.69 Å². The number of aldehydes is 1. The van der Waals surface area contributed by atoms with Gasteiger partial charge in [-0.15, -0.1) is 0 Å². The summed E-state index contributed by atoms with van der Waals surface area (Å²) in [4.78, 5) is 10.2. The van der Waals surface area contributed by atoms with Gasteiger partial charge in [0.2, 0.25) is 0 Å². The Balaban J connectivity index is 2.64. The fourth-order valence-corrected chi connectivity index (χ4v) is 1.06. The maximum absolute atomic E-state index is 10.2. The van der Waals surface area contributed by atoms with Gasteiger partial charge in [-0.1, -0.05) is 12.1 Å². The number of hydrogen-bond acceptors (Lipinski definition) is 2. The minimum atomic E-state index is 0.506. The summed E-state index contributed by atoms with van der Waals surface area (Å²) in [7, 11) is 0. The molecule has 2 heteroatoms. The van der Waals surface area contributed by atoms with Crippen molar-refractivity contribution in [2.24, 2.45) is 0 Å². The molecule has 64 valence electrons. The molecule has 0 unspecified atom stereocenters. The lowest BCUT2D eigenvalue weighted by Gasteiger charge is -2.02. The monoisotopic (exact) mass is 163 g/mol. The van der Waals surface area contributed by atoms with Gasteiger partial charge >= 0.3 is 0 Å². The molecule has 0 amide bonds. The number of rotatable bonds is 4. The molecule has 0 atom stereocenters. The molecule has 12 heavy (non-hydrogen) atoms. The SMILES string of the molecule is CCNc1ccc(CC=O)cc1. The van der Waals surface area contributed by atoms with Crippen LogP contribution >= 0.6 is 0 Å². The highest BCUT2D eigenvalue weighted by atomic mass is 16.1. The van der Waals surface area contributed by atoms with E-state index < -0.39 is 0 Å². The second kappa shape index (κ2) is 4.54. The molecule has 0 aliphatic rings. The van der Waals surface area contributed by atoms with Gasteiger partial charge in [0.25, 0.3) is 0 Å². The lowest BCUT2D eigenvalue weighted by atomic mass is 10.1. The van der Waals surface area contributed by atoms with E-state index in [4.69, 9.17) is 0 Å². The number of carbonyl (C=O) groups is 1. The minimum absolute atomic E-state index is 0.506. The predicted octanol–water partition coefficient (Wildman–Crippen LogP) is 1.86. The van der Waals surface area contributed by atoms with Gasteiger partial charge in [-0.25, -0.2) is 0 Å². The van der Waals surface area contributed by atoms with Gasteiger partial charge in [-0.2, -0.15) is 0 Å². The van der Waals surface area contributed by atoms with Crippen molar-refractivity contribution in [1.82, 2.24) is 0 Å². The third kappa shape index (κ3) is 2.38. The molecule has 1 aromatic rings. The van der Waals surface area contributed by atoms with Crippen molar-refractivity contribution in [2.45, 2.75) is 13.3 Å². The van der Waals surface area contributed by atoms with Crippen molar-refractivity contribution < 1.29 is 4.79 Å². The van der Waals surface area contributed by atoms with Crippen LogP contribution in [0, 0.1) is 0 Å². The number of hydrogen-bond donors (Lipinski definition) is 1. The van der Waals surface area contributed by atoms with Crippen LogP contribution in [0.15, 0.2) is 24.3 Å². The van der Waals surface area contributed by atoms with Gasteiger partial charge in [0.1, 0.15) is 6.29 Å². The quantitative estimate of drug-likeness (QED) is 0.686. The van der Waals surface area contributed by atoms with Crippen molar-refractivity contribution in [1.29, 1.82) is 0 Å². The summed E-state index contributed by atoms with van der Waals surface area (Å²) in [5.41, 5.74) is 2.17. The Morgan fingerprint density at radius 1 is 1.33 bits per heavy atom. The summed E-state index contributed by atoms with van der Waals surface area (Å²) in [6.07, 6.45) is 1.43. The third-order valence-corrected chi connectivity index (χ3v) is 1.65. The second-order valence-electron chi connectivity index (χ2n) is 2.60. The van der Waals surface area contributed by atoms with Crippen LogP contribution in [0.25, 0.3) is 0 Å². The fourth-order valence-electron chi connectivity index (χ4n) is 1.06. The molecule has 1 rings (SSSR count). The van der Waals surface area contributed by atoms with Crippen molar-refractivity contribution in [3.05, 3.63) is 29.8 Å². The number of nitrogens with one attached hydrogen (secondary N) is 1. The number of carbonyl (C=O) groups excluding carboxylic acids is 1. The molecule has 0 fully saturated rings. The molecule has 0 spiro atoms. The van der Waals surface area contributed by atoms with E-state index in [1.807, 2.05) is 24.3 Å². The van der Waals surface area contributed by atoms with Gasteiger partial charge < -0.3 is 10.1 Å². The van der Waals surface area contributed by atoms with Gasteiger partial charge in [-0.05, 0) is 24.6 Å². The Bertz CT molecular complexity index is 241. The van der Waals surface area contributed by atoms with Gasteiger partial charge in [0.15, 0.2) is 0 Å². The highest BCUT2D eigenvalue weighted by Crippen LogP contribution is 2.08. The average molecular weight is 163 g/mol. The first-order chi connectivity index (χ1) is 5.86. The fraction of sp³-hybridized carbons (Fsp3) is 0.300. The Morgan fingerprint density at radius 3 is 2.50 bits per heavy atom. The molecule has 0 saturated carbocycles. The van der Waals surface area contributed by atoms with Crippen LogP contribution < -0.4 is 5.32 Å². The van der Waals surface area contributed by atoms with E-state index in [0.29, 0.717) is 6.42 Å². The molecule has 0 aliphatic heterocycles. The maximum atomic E-state index is 10.2. The average Bonchev–Trinajstić information content (AvgIpc) is 2.09. The van der Waals surface area contributed by atoms with Gasteiger partial charge in [-0.3, -0.25) is 0 Å². The molecular weight excluding hydrogens is 150 g/mol. The molecule has 2 nitrogen and oxygen atoms in total. The second-order valence-corrected chi connectivity index (χ2v) is 2.60. The molecule has 0 heterocycles. The zero-order valence-electron chi connectivity index (χ0n) is 7.21. The summed E-state index contributed by atoms with van der Waals surface area (Å²) < 4.78 is 0. The van der Waals surface area contributed by atoms with Crippen LogP contribution in [-0.4, -0.2) is 12.8 Å². The molecule has 0 radical (unpaired) electrons. The lowest BCUT2D eigenvalue weighted by molar-refractivity contribution is -0.107. The van der Waals surface area contributed by atoms with Crippen LogP contribution in [0.2, 0.25) is 0 Å². The topological polar surface area (TPSA) is 29.1 Å². The summed E-state index contributed by atoms with van der Waals surface area (Å²) in [6, 6.07) is 7.91. The zero-order valence-corrected chi connectivity index (χ0v) is 7.21. The molecule has 0 aliphatic carbocycles. The summed E-state index contributed by atoms with van der Waals surface area (Å²) in [5, 5.41) is 3.19. The standard InChI is InChI=1S/C10H13NO/c1-2-11-10-5-3-9(4-6-10)7-8-12/h3-6,8,11H,2,7H2,1H3. The summed E-state index contributed by atoms with van der Waals surface area (Å²) in [5.74, 6) is 0. The van der Waals surface area contributed by atoms with Crippen LogP contribution in [-0.2, 0) is 11.2 Å². The van der Waals surface area contributed by atoms with Crippen molar-refractivity contribution in [2.75, 3.05) is 11.9 Å². The number of benzene rings is 1. The van der Waals surface area contributed by atoms with E-state index in [-0.39, 0.29) is 0 Å². The lowest BCUT2D eigenvalue weighted by Crippen LogP contribution is -1.96. The maximum Gasteiger partial charge on any atom is 0.124 e. The van der Waals surface area contributed by atoms with Crippen molar-refractivity contribution >= 4 is 12.0 Å².